The van der Waals surface area contributed by atoms with E-state index in [0.717, 1.165) is 42.4 Å². The molecule has 4 rings (SSSR count). The molecular weight excluding hydrogens is 372 g/mol. The van der Waals surface area contributed by atoms with Gasteiger partial charge in [-0.2, -0.15) is 0 Å². The van der Waals surface area contributed by atoms with Crippen molar-refractivity contribution in [1.29, 1.82) is 0 Å². The summed E-state index contributed by atoms with van der Waals surface area (Å²) in [5.41, 5.74) is 0.524. The molecule has 4 saturated carbocycles. The molecule has 8 atom stereocenters. The number of aliphatic hydroxyl groups is 1. The van der Waals surface area contributed by atoms with Gasteiger partial charge in [-0.15, -0.1) is 0 Å². The van der Waals surface area contributed by atoms with E-state index in [1.165, 1.54) is 51.4 Å². The first kappa shape index (κ1) is 22.3. The van der Waals surface area contributed by atoms with E-state index >= 15 is 0 Å². The molecule has 4 fully saturated rings. The summed E-state index contributed by atoms with van der Waals surface area (Å²) in [5, 5.41) is 10.8. The molecule has 0 aromatic heterocycles. The fourth-order valence-electron chi connectivity index (χ4n) is 8.74. The average Bonchev–Trinajstić information content (AvgIpc) is 2.90. The van der Waals surface area contributed by atoms with E-state index in [-0.39, 0.29) is 5.04 Å². The fraction of sp³-hybridized carbons (Fsp3) is 1.00. The molecule has 0 radical (unpaired) electrons. The Bertz CT molecular complexity index is 635. The summed E-state index contributed by atoms with van der Waals surface area (Å²) in [6, 6.07) is 0. The molecule has 3 heteroatoms. The van der Waals surface area contributed by atoms with E-state index in [2.05, 4.69) is 47.7 Å². The van der Waals surface area contributed by atoms with Crippen LogP contribution in [0.3, 0.4) is 0 Å². The van der Waals surface area contributed by atoms with Crippen LogP contribution in [-0.2, 0) is 0 Å². The van der Waals surface area contributed by atoms with Crippen LogP contribution in [-0.4, -0.2) is 23.8 Å². The van der Waals surface area contributed by atoms with E-state index < -0.39 is 13.9 Å². The van der Waals surface area contributed by atoms with E-state index in [1.54, 1.807) is 0 Å². The van der Waals surface area contributed by atoms with Crippen LogP contribution in [0.4, 0.5) is 0 Å². The molecule has 0 aromatic rings. The molecule has 0 heterocycles. The van der Waals surface area contributed by atoms with Crippen molar-refractivity contribution < 1.29 is 9.90 Å². The first-order valence-electron chi connectivity index (χ1n) is 12.6. The fourth-order valence-corrected chi connectivity index (χ4v) is 9.49. The van der Waals surface area contributed by atoms with E-state index in [1.807, 2.05) is 0 Å². The van der Waals surface area contributed by atoms with Gasteiger partial charge >= 0.3 is 0 Å². The third kappa shape index (κ3) is 3.50. The second-order valence-corrected chi connectivity index (χ2v) is 18.3. The smallest absolute Gasteiger partial charge is 0.188 e. The molecule has 2 N–H and O–H groups in total. The van der Waals surface area contributed by atoms with Crippen molar-refractivity contribution in [2.24, 2.45) is 40.4 Å². The zero-order valence-electron chi connectivity index (χ0n) is 20.4. The van der Waals surface area contributed by atoms with Gasteiger partial charge in [0.2, 0.25) is 0 Å². The second kappa shape index (κ2) is 6.82. The standard InChI is InChI=1S/C26H48O2Si/c1-23(2,29(6,7)28)16-18-9-11-21-20-10-8-19-17-24(3,27)14-15-26(19,5)22(20)12-13-25(18,21)4/h18-22,27-28H,8-17H2,1-7H3/t18-,19+,20+,21+,22+,24+,25-,26+/m0/s1. The Balaban J connectivity index is 1.54. The molecule has 4 aliphatic carbocycles. The Morgan fingerprint density at radius 3 is 2.17 bits per heavy atom. The van der Waals surface area contributed by atoms with Gasteiger partial charge in [0.25, 0.3) is 0 Å². The van der Waals surface area contributed by atoms with Gasteiger partial charge in [-0.25, -0.2) is 0 Å². The van der Waals surface area contributed by atoms with Gasteiger partial charge in [0, 0.05) is 0 Å². The summed E-state index contributed by atoms with van der Waals surface area (Å²) < 4.78 is 0. The van der Waals surface area contributed by atoms with Crippen LogP contribution in [0.5, 0.6) is 0 Å². The average molecular weight is 421 g/mol. The van der Waals surface area contributed by atoms with Crippen LogP contribution in [0, 0.1) is 40.4 Å². The van der Waals surface area contributed by atoms with Crippen molar-refractivity contribution in [3.63, 3.8) is 0 Å². The molecular formula is C26H48O2Si. The first-order chi connectivity index (χ1) is 13.2. The van der Waals surface area contributed by atoms with Crippen molar-refractivity contribution in [1.82, 2.24) is 0 Å². The number of hydrogen-bond acceptors (Lipinski definition) is 2. The molecule has 0 aromatic carbocycles. The van der Waals surface area contributed by atoms with Crippen LogP contribution < -0.4 is 0 Å². The molecule has 168 valence electrons. The maximum atomic E-state index is 10.9. The maximum Gasteiger partial charge on any atom is 0.188 e. The van der Waals surface area contributed by atoms with Crippen LogP contribution in [0.2, 0.25) is 18.1 Å². The summed E-state index contributed by atoms with van der Waals surface area (Å²) in [6.07, 6.45) is 12.8. The van der Waals surface area contributed by atoms with Crippen LogP contribution in [0.1, 0.15) is 98.8 Å². The quantitative estimate of drug-likeness (QED) is 0.495. The predicted octanol–water partition coefficient (Wildman–Crippen LogP) is 6.76. The predicted molar refractivity (Wildman–Crippen MR) is 124 cm³/mol. The van der Waals surface area contributed by atoms with Gasteiger partial charge < -0.3 is 9.90 Å². The highest BCUT2D eigenvalue weighted by Crippen LogP contribution is 2.69. The Morgan fingerprint density at radius 1 is 0.862 bits per heavy atom. The SMILES string of the molecule is CC(C)(C[C@@H]1CC[C@@H]2[C@H]3CC[C@@H]4C[C@](C)(O)CC[C@@]4(C)[C@@H]3CC[C@@]12C)[Si](C)(C)O. The van der Waals surface area contributed by atoms with Gasteiger partial charge in [-0.1, -0.05) is 27.7 Å². The van der Waals surface area contributed by atoms with Gasteiger partial charge in [-0.3, -0.25) is 0 Å². The molecule has 0 unspecified atom stereocenters. The third-order valence-electron chi connectivity index (χ3n) is 11.6. The lowest BCUT2D eigenvalue weighted by Crippen LogP contribution is -2.55. The highest BCUT2D eigenvalue weighted by Gasteiger charge is 2.61. The highest BCUT2D eigenvalue weighted by atomic mass is 28.4. The molecule has 0 amide bonds. The Kier molecular flexibility index (Phi) is 5.25. The van der Waals surface area contributed by atoms with Gasteiger partial charge in [-0.05, 0) is 130 Å². The van der Waals surface area contributed by atoms with E-state index in [4.69, 9.17) is 0 Å². The second-order valence-electron chi connectivity index (χ2n) is 13.8. The molecule has 0 spiro atoms. The van der Waals surface area contributed by atoms with Crippen LogP contribution in [0.15, 0.2) is 0 Å². The normalized spacial score (nSPS) is 50.6. The molecule has 0 aliphatic heterocycles. The number of hydrogen-bond donors (Lipinski definition) is 2. The molecule has 0 bridgehead atoms. The van der Waals surface area contributed by atoms with Gasteiger partial charge in [0.1, 0.15) is 0 Å². The van der Waals surface area contributed by atoms with Crippen molar-refractivity contribution in [3.8, 4) is 0 Å². The lowest BCUT2D eigenvalue weighted by molar-refractivity contribution is -0.146. The molecule has 29 heavy (non-hydrogen) atoms. The largest absolute Gasteiger partial charge is 0.432 e. The lowest BCUT2D eigenvalue weighted by atomic mass is 9.44. The van der Waals surface area contributed by atoms with Crippen molar-refractivity contribution >= 4 is 8.32 Å². The van der Waals surface area contributed by atoms with Gasteiger partial charge in [0.15, 0.2) is 8.32 Å². The summed E-state index contributed by atoms with van der Waals surface area (Å²) in [7, 11) is -2.15. The molecule has 0 saturated heterocycles. The highest BCUT2D eigenvalue weighted by molar-refractivity contribution is 6.72. The Labute approximate surface area is 181 Å². The first-order valence-corrected chi connectivity index (χ1v) is 15.6. The Hall–Kier alpha value is 0.137. The zero-order valence-corrected chi connectivity index (χ0v) is 21.4. The summed E-state index contributed by atoms with van der Waals surface area (Å²) in [5.74, 6) is 4.20. The van der Waals surface area contributed by atoms with Crippen LogP contribution >= 0.6 is 0 Å². The third-order valence-corrected chi connectivity index (χ3v) is 15.1. The maximum absolute atomic E-state index is 10.9. The topological polar surface area (TPSA) is 40.5 Å². The van der Waals surface area contributed by atoms with Gasteiger partial charge in [0.05, 0.1) is 5.60 Å². The zero-order chi connectivity index (χ0) is 21.5. The van der Waals surface area contributed by atoms with Crippen molar-refractivity contribution in [2.75, 3.05) is 0 Å². The van der Waals surface area contributed by atoms with E-state index in [0.29, 0.717) is 10.8 Å². The lowest BCUT2D eigenvalue weighted by Gasteiger charge is -2.62. The number of rotatable bonds is 3. The van der Waals surface area contributed by atoms with Crippen LogP contribution in [0.25, 0.3) is 0 Å². The van der Waals surface area contributed by atoms with Crippen molar-refractivity contribution in [2.45, 2.75) is 123 Å². The minimum absolute atomic E-state index is 0.102. The molecule has 2 nitrogen and oxygen atoms in total. The monoisotopic (exact) mass is 420 g/mol. The summed E-state index contributed by atoms with van der Waals surface area (Å²) in [4.78, 5) is 10.9. The van der Waals surface area contributed by atoms with E-state index in [9.17, 15) is 9.90 Å². The Morgan fingerprint density at radius 2 is 1.52 bits per heavy atom. The van der Waals surface area contributed by atoms with Crippen molar-refractivity contribution in [3.05, 3.63) is 0 Å². The summed E-state index contributed by atoms with van der Waals surface area (Å²) >= 11 is 0. The minimum Gasteiger partial charge on any atom is -0.432 e. The minimum atomic E-state index is -2.15. The number of fused-ring (bicyclic) bond motifs is 5. The molecule has 4 aliphatic rings. The summed E-state index contributed by atoms with van der Waals surface area (Å²) in [6.45, 7) is 16.3.